The average Bonchev–Trinajstić information content (AvgIpc) is 2.81. The van der Waals surface area contributed by atoms with E-state index >= 15 is 0 Å². The summed E-state index contributed by atoms with van der Waals surface area (Å²) in [6, 6.07) is 32.4. The molecule has 0 radical (unpaired) electrons. The smallest absolute Gasteiger partial charge is 0.284 e. The second-order valence-electron chi connectivity index (χ2n) is 7.14. The number of fused-ring (bicyclic) bond motifs is 3. The Labute approximate surface area is 173 Å². The van der Waals surface area contributed by atoms with Crippen LogP contribution in [-0.4, -0.2) is 9.97 Å². The normalized spacial score (nSPS) is 11.9. The van der Waals surface area contributed by atoms with Crippen molar-refractivity contribution >= 4 is 11.0 Å². The van der Waals surface area contributed by atoms with E-state index in [1.54, 1.807) is 0 Å². The monoisotopic (exact) mass is 388 g/mol. The number of ether oxygens (including phenoxy) is 2. The molecule has 0 bridgehead atoms. The van der Waals surface area contributed by atoms with E-state index < -0.39 is 0 Å². The fourth-order valence-electron chi connectivity index (χ4n) is 3.67. The molecule has 2 heterocycles. The Bertz CT molecular complexity index is 1400. The molecular weight excluding hydrogens is 372 g/mol. The molecule has 0 aliphatic carbocycles. The minimum Gasteiger partial charge on any atom is -0.431 e. The van der Waals surface area contributed by atoms with E-state index in [4.69, 9.17) is 9.47 Å². The molecule has 0 spiro atoms. The topological polar surface area (TPSA) is 44.2 Å². The van der Waals surface area contributed by atoms with Crippen LogP contribution in [0.4, 0.5) is 0 Å². The van der Waals surface area contributed by atoms with E-state index in [1.165, 1.54) is 11.1 Å². The molecule has 0 N–H and O–H groups in total. The predicted octanol–water partition coefficient (Wildman–Crippen LogP) is 6.86. The second kappa shape index (κ2) is 6.71. The molecule has 142 valence electrons. The summed E-state index contributed by atoms with van der Waals surface area (Å²) in [5, 5.41) is 0. The van der Waals surface area contributed by atoms with Gasteiger partial charge >= 0.3 is 0 Å². The number of benzene rings is 4. The lowest BCUT2D eigenvalue weighted by atomic mass is 9.99. The van der Waals surface area contributed by atoms with Crippen molar-refractivity contribution in [2.75, 3.05) is 0 Å². The summed E-state index contributed by atoms with van der Waals surface area (Å²) < 4.78 is 12.0. The van der Waals surface area contributed by atoms with Crippen LogP contribution in [0.15, 0.2) is 97.1 Å². The van der Waals surface area contributed by atoms with Crippen molar-refractivity contribution in [1.82, 2.24) is 9.97 Å². The number of hydrogen-bond acceptors (Lipinski definition) is 4. The summed E-state index contributed by atoms with van der Waals surface area (Å²) in [5.74, 6) is 2.04. The van der Waals surface area contributed by atoms with Gasteiger partial charge in [0.25, 0.3) is 11.8 Å². The maximum Gasteiger partial charge on any atom is 0.284 e. The Balaban J connectivity index is 1.38. The van der Waals surface area contributed by atoms with Crippen LogP contribution in [0.2, 0.25) is 0 Å². The van der Waals surface area contributed by atoms with Gasteiger partial charge in [-0.2, -0.15) is 0 Å². The minimum absolute atomic E-state index is 0.386. The zero-order chi connectivity index (χ0) is 19.9. The van der Waals surface area contributed by atoms with Crippen LogP contribution in [-0.2, 0) is 0 Å². The van der Waals surface area contributed by atoms with Crippen LogP contribution in [0.5, 0.6) is 23.3 Å². The molecule has 0 fully saturated rings. The first-order chi connectivity index (χ1) is 14.8. The standard InChI is InChI=1S/C26H16N2O2/c1-2-7-17(8-3-1)18-9-6-10-19(15-18)20-13-14-23-24(16-20)30-26-25(29-23)27-21-11-4-5-12-22(21)28-26/h1-16H. The summed E-state index contributed by atoms with van der Waals surface area (Å²) in [6.07, 6.45) is 0. The first-order valence-electron chi connectivity index (χ1n) is 9.76. The molecule has 0 saturated heterocycles. The first kappa shape index (κ1) is 16.7. The fourth-order valence-corrected chi connectivity index (χ4v) is 3.67. The van der Waals surface area contributed by atoms with Gasteiger partial charge in [0.1, 0.15) is 0 Å². The van der Waals surface area contributed by atoms with Crippen molar-refractivity contribution in [3.8, 4) is 45.5 Å². The van der Waals surface area contributed by atoms with Gasteiger partial charge in [-0.15, -0.1) is 0 Å². The molecule has 4 aromatic carbocycles. The molecule has 30 heavy (non-hydrogen) atoms. The quantitative estimate of drug-likeness (QED) is 0.325. The SMILES string of the molecule is c1ccc(-c2cccc(-c3ccc4c(c3)Oc3nc5ccccc5nc3O4)c2)cc1. The summed E-state index contributed by atoms with van der Waals surface area (Å²) in [7, 11) is 0. The van der Waals surface area contributed by atoms with Gasteiger partial charge in [0, 0.05) is 0 Å². The Morgan fingerprint density at radius 2 is 1.00 bits per heavy atom. The van der Waals surface area contributed by atoms with Crippen molar-refractivity contribution in [1.29, 1.82) is 0 Å². The maximum absolute atomic E-state index is 6.06. The van der Waals surface area contributed by atoms with Gasteiger partial charge in [-0.1, -0.05) is 66.7 Å². The molecule has 1 aliphatic rings. The van der Waals surface area contributed by atoms with E-state index in [-0.39, 0.29) is 0 Å². The highest BCUT2D eigenvalue weighted by Crippen LogP contribution is 2.45. The van der Waals surface area contributed by atoms with Crippen LogP contribution >= 0.6 is 0 Å². The van der Waals surface area contributed by atoms with Gasteiger partial charge < -0.3 is 9.47 Å². The van der Waals surface area contributed by atoms with Gasteiger partial charge in [-0.25, -0.2) is 9.97 Å². The molecule has 1 aliphatic heterocycles. The Morgan fingerprint density at radius 3 is 1.73 bits per heavy atom. The van der Waals surface area contributed by atoms with Gasteiger partial charge in [-0.3, -0.25) is 0 Å². The summed E-state index contributed by atoms with van der Waals surface area (Å²) in [4.78, 5) is 9.09. The zero-order valence-electron chi connectivity index (χ0n) is 15.9. The number of aromatic nitrogens is 2. The lowest BCUT2D eigenvalue weighted by Gasteiger charge is -2.19. The number of hydrogen-bond donors (Lipinski definition) is 0. The highest BCUT2D eigenvalue weighted by molar-refractivity contribution is 5.77. The second-order valence-corrected chi connectivity index (χ2v) is 7.14. The van der Waals surface area contributed by atoms with Gasteiger partial charge in [0.2, 0.25) is 0 Å². The Morgan fingerprint density at radius 1 is 0.433 bits per heavy atom. The lowest BCUT2D eigenvalue weighted by molar-refractivity contribution is 0.339. The molecule has 6 rings (SSSR count). The first-order valence-corrected chi connectivity index (χ1v) is 9.76. The number of para-hydroxylation sites is 2. The van der Waals surface area contributed by atoms with Crippen molar-refractivity contribution in [3.05, 3.63) is 97.1 Å². The van der Waals surface area contributed by atoms with Crippen molar-refractivity contribution in [2.45, 2.75) is 0 Å². The Hall–Kier alpha value is -4.18. The molecule has 0 amide bonds. The lowest BCUT2D eigenvalue weighted by Crippen LogP contribution is -2.03. The van der Waals surface area contributed by atoms with Gasteiger partial charge in [0.05, 0.1) is 11.0 Å². The molecule has 5 aromatic rings. The molecular formula is C26H16N2O2. The van der Waals surface area contributed by atoms with E-state index in [2.05, 4.69) is 46.4 Å². The van der Waals surface area contributed by atoms with Gasteiger partial charge in [-0.05, 0) is 52.6 Å². The molecule has 1 aromatic heterocycles. The third-order valence-electron chi connectivity index (χ3n) is 5.17. The van der Waals surface area contributed by atoms with Crippen LogP contribution in [0.3, 0.4) is 0 Å². The van der Waals surface area contributed by atoms with Crippen molar-refractivity contribution in [2.24, 2.45) is 0 Å². The van der Waals surface area contributed by atoms with Gasteiger partial charge in [0.15, 0.2) is 11.5 Å². The summed E-state index contributed by atoms with van der Waals surface area (Å²) in [6.45, 7) is 0. The number of nitrogens with zero attached hydrogens (tertiary/aromatic N) is 2. The highest BCUT2D eigenvalue weighted by Gasteiger charge is 2.23. The summed E-state index contributed by atoms with van der Waals surface area (Å²) in [5.41, 5.74) is 6.07. The molecule has 0 unspecified atom stereocenters. The molecule has 0 atom stereocenters. The summed E-state index contributed by atoms with van der Waals surface area (Å²) >= 11 is 0. The van der Waals surface area contributed by atoms with Crippen LogP contribution in [0.1, 0.15) is 0 Å². The maximum atomic E-state index is 6.06. The minimum atomic E-state index is 0.386. The van der Waals surface area contributed by atoms with E-state index in [9.17, 15) is 0 Å². The number of rotatable bonds is 2. The van der Waals surface area contributed by atoms with Crippen LogP contribution < -0.4 is 9.47 Å². The molecule has 4 heteroatoms. The third kappa shape index (κ3) is 2.86. The van der Waals surface area contributed by atoms with E-state index in [1.807, 2.05) is 60.7 Å². The zero-order valence-corrected chi connectivity index (χ0v) is 15.9. The van der Waals surface area contributed by atoms with Crippen LogP contribution in [0.25, 0.3) is 33.3 Å². The van der Waals surface area contributed by atoms with Crippen molar-refractivity contribution < 1.29 is 9.47 Å². The highest BCUT2D eigenvalue weighted by atomic mass is 16.6. The largest absolute Gasteiger partial charge is 0.431 e. The fraction of sp³-hybridized carbons (Fsp3) is 0. The average molecular weight is 388 g/mol. The molecule has 0 saturated carbocycles. The predicted molar refractivity (Wildman–Crippen MR) is 117 cm³/mol. The molecule has 4 nitrogen and oxygen atoms in total. The third-order valence-corrected chi connectivity index (χ3v) is 5.17. The van der Waals surface area contributed by atoms with Crippen molar-refractivity contribution in [3.63, 3.8) is 0 Å². The van der Waals surface area contributed by atoms with E-state index in [0.29, 0.717) is 23.3 Å². The Kier molecular flexibility index (Phi) is 3.74. The van der Waals surface area contributed by atoms with E-state index in [0.717, 1.165) is 22.2 Å². The van der Waals surface area contributed by atoms with Crippen LogP contribution in [0, 0.1) is 0 Å².